The number of carbonyl (C=O) groups is 1. The summed E-state index contributed by atoms with van der Waals surface area (Å²) in [5.74, 6) is -0.247. The fraction of sp³-hybridized carbons (Fsp3) is 0.188. The van der Waals surface area contributed by atoms with E-state index in [0.717, 1.165) is 6.16 Å². The van der Waals surface area contributed by atoms with Crippen molar-refractivity contribution in [3.63, 3.8) is 0 Å². The van der Waals surface area contributed by atoms with E-state index in [-0.39, 0.29) is 42.3 Å². The van der Waals surface area contributed by atoms with E-state index in [1.165, 1.54) is 22.0 Å². The molecule has 0 saturated heterocycles. The number of rotatable bonds is 10. The maximum atomic E-state index is 12.8. The van der Waals surface area contributed by atoms with E-state index in [9.17, 15) is 13.2 Å². The maximum Gasteiger partial charge on any atom is 0.306 e. The molecule has 1 aliphatic rings. The van der Waals surface area contributed by atoms with Crippen LogP contribution >= 0.6 is 18.9 Å². The van der Waals surface area contributed by atoms with Crippen molar-refractivity contribution in [2.45, 2.75) is 30.7 Å². The molecule has 5 rings (SSSR count). The number of anilines is 1. The monoisotopic (exact) mass is 655 g/mol. The molecule has 1 heterocycles. The van der Waals surface area contributed by atoms with Crippen LogP contribution in [0.1, 0.15) is 19.8 Å². The lowest BCUT2D eigenvalue weighted by atomic mass is 10.3. The Labute approximate surface area is 264 Å². The highest BCUT2D eigenvalue weighted by Crippen LogP contribution is 2.55. The first kappa shape index (κ1) is 32.5. The molecular formula is C32H32Cl2N3O4PS. The lowest BCUT2D eigenvalue weighted by Crippen LogP contribution is -3.00. The van der Waals surface area contributed by atoms with Gasteiger partial charge in [0, 0.05) is 11.4 Å². The molecule has 2 N–H and O–H groups in total. The molecule has 4 aromatic carbocycles. The van der Waals surface area contributed by atoms with Crippen LogP contribution in [0.3, 0.4) is 0 Å². The number of ether oxygens (including phenoxy) is 1. The van der Waals surface area contributed by atoms with Crippen molar-refractivity contribution in [1.29, 1.82) is 0 Å². The van der Waals surface area contributed by atoms with E-state index in [4.69, 9.17) is 16.3 Å². The highest BCUT2D eigenvalue weighted by molar-refractivity contribution is 7.95. The van der Waals surface area contributed by atoms with Crippen molar-refractivity contribution in [3.8, 4) is 0 Å². The topological polar surface area (TPSA) is 96.9 Å². The van der Waals surface area contributed by atoms with E-state index in [1.807, 2.05) is 18.2 Å². The van der Waals surface area contributed by atoms with Crippen LogP contribution in [0.2, 0.25) is 5.02 Å². The zero-order valence-corrected chi connectivity index (χ0v) is 26.7. The van der Waals surface area contributed by atoms with E-state index in [0.29, 0.717) is 17.1 Å². The van der Waals surface area contributed by atoms with Gasteiger partial charge in [0.1, 0.15) is 34.7 Å². The van der Waals surface area contributed by atoms with Gasteiger partial charge in [0.15, 0.2) is 0 Å². The number of guanidine groups is 1. The summed E-state index contributed by atoms with van der Waals surface area (Å²) in [7, 11) is -5.84. The molecule has 0 unspecified atom stereocenters. The molecule has 1 atom stereocenters. The van der Waals surface area contributed by atoms with Crippen LogP contribution in [0, 0.1) is 0 Å². The first-order valence-electron chi connectivity index (χ1n) is 13.7. The predicted molar refractivity (Wildman–Crippen MR) is 173 cm³/mol. The van der Waals surface area contributed by atoms with Crippen molar-refractivity contribution < 1.29 is 30.4 Å². The molecule has 224 valence electrons. The largest absolute Gasteiger partial charge is 1.00 e. The normalized spacial score (nSPS) is 15.3. The molecule has 0 aliphatic carbocycles. The summed E-state index contributed by atoms with van der Waals surface area (Å²) >= 11 is 5.95. The van der Waals surface area contributed by atoms with Crippen molar-refractivity contribution >= 4 is 62.4 Å². The summed E-state index contributed by atoms with van der Waals surface area (Å²) in [5.41, 5.74) is 0.378. The third kappa shape index (κ3) is 7.57. The van der Waals surface area contributed by atoms with Crippen molar-refractivity contribution in [2.75, 3.05) is 18.1 Å². The zero-order valence-electron chi connectivity index (χ0n) is 23.5. The Hall–Kier alpha value is -3.42. The van der Waals surface area contributed by atoms with Gasteiger partial charge in [-0.25, -0.2) is 18.1 Å². The molecule has 7 nitrogen and oxygen atoms in total. The van der Waals surface area contributed by atoms with Gasteiger partial charge in [-0.1, -0.05) is 66.2 Å². The highest BCUT2D eigenvalue weighted by Gasteiger charge is 2.44. The van der Waals surface area contributed by atoms with Crippen molar-refractivity contribution in [2.24, 2.45) is 4.99 Å². The number of fused-ring (bicyclic) bond motifs is 1. The summed E-state index contributed by atoms with van der Waals surface area (Å²) in [5, 5.41) is 7.09. The quantitative estimate of drug-likeness (QED) is 0.202. The van der Waals surface area contributed by atoms with Gasteiger partial charge >= 0.3 is 5.97 Å². The van der Waals surface area contributed by atoms with Crippen LogP contribution in [0.4, 0.5) is 5.69 Å². The first-order chi connectivity index (χ1) is 20.3. The summed E-state index contributed by atoms with van der Waals surface area (Å²) in [6.07, 6.45) is 1.72. The number of carbonyl (C=O) groups excluding carboxylic acids is 1. The number of nitrogens with one attached hydrogen (secondary N) is 2. The molecule has 0 saturated carbocycles. The molecule has 0 fully saturated rings. The average Bonchev–Trinajstić information content (AvgIpc) is 3.00. The maximum absolute atomic E-state index is 12.8. The standard InChI is InChI=1S/C32H32ClN3O4PS.ClH/c1-24(34-32-35-29-20-19-25(33)22-30(29)42(38,39)36-32)23-40-31(37)18-11-21-41(26-12-5-2-6-13-26,27-14-7-3-8-15-27)28-16-9-4-10-17-28;/h2-10,12-17,19-20,22,24H,11,18,21,23H2,1H3,(H2,34,35,36);1H/q+1;/p-1/t24-;/m1./s1. The van der Waals surface area contributed by atoms with Crippen LogP contribution in [0.15, 0.2) is 119 Å². The zero-order chi connectivity index (χ0) is 29.6. The predicted octanol–water partition coefficient (Wildman–Crippen LogP) is 2.11. The Kier molecular flexibility index (Phi) is 10.9. The summed E-state index contributed by atoms with van der Waals surface area (Å²) in [6.45, 7) is 1.78. The number of hydrogen-bond acceptors (Lipinski definition) is 5. The molecule has 0 radical (unpaired) electrons. The Bertz CT molecular complexity index is 1580. The molecule has 0 amide bonds. The van der Waals surface area contributed by atoms with Gasteiger partial charge in [0.2, 0.25) is 5.96 Å². The summed E-state index contributed by atoms with van der Waals surface area (Å²) in [6, 6.07) is 35.7. The molecule has 11 heteroatoms. The Morgan fingerprint density at radius 1 is 0.884 bits per heavy atom. The molecular weight excluding hydrogens is 624 g/mol. The number of esters is 1. The molecule has 0 aromatic heterocycles. The van der Waals surface area contributed by atoms with Gasteiger partial charge in [-0.3, -0.25) is 4.79 Å². The SMILES string of the molecule is C[C@H](COC(=O)CCC[P+](c1ccccc1)(c1ccccc1)c1ccccc1)N=C1Nc2ccc(Cl)cc2S(=O)(=O)N1.[Cl-]. The number of halogens is 2. The Balaban J connectivity index is 0.00000423. The number of sulfonamides is 1. The fourth-order valence-corrected chi connectivity index (χ4v) is 10.8. The van der Waals surface area contributed by atoms with Gasteiger partial charge in [0.25, 0.3) is 10.0 Å². The summed E-state index contributed by atoms with van der Waals surface area (Å²) < 4.78 is 33.2. The molecule has 4 aromatic rings. The third-order valence-electron chi connectivity index (χ3n) is 7.02. The average molecular weight is 657 g/mol. The van der Waals surface area contributed by atoms with E-state index >= 15 is 0 Å². The minimum absolute atomic E-state index is 0. The third-order valence-corrected chi connectivity index (χ3v) is 13.2. The van der Waals surface area contributed by atoms with E-state index < -0.39 is 23.3 Å². The van der Waals surface area contributed by atoms with Crippen LogP contribution < -0.4 is 38.4 Å². The van der Waals surface area contributed by atoms with Crippen molar-refractivity contribution in [3.05, 3.63) is 114 Å². The van der Waals surface area contributed by atoms with Crippen LogP contribution in [-0.2, 0) is 19.6 Å². The smallest absolute Gasteiger partial charge is 0.306 e. The van der Waals surface area contributed by atoms with Crippen LogP contribution in [0.5, 0.6) is 0 Å². The molecule has 43 heavy (non-hydrogen) atoms. The van der Waals surface area contributed by atoms with E-state index in [2.05, 4.69) is 87.8 Å². The molecule has 1 aliphatic heterocycles. The van der Waals surface area contributed by atoms with Gasteiger partial charge in [0.05, 0.1) is 17.9 Å². The van der Waals surface area contributed by atoms with E-state index in [1.54, 1.807) is 19.1 Å². The molecule has 0 bridgehead atoms. The lowest BCUT2D eigenvalue weighted by molar-refractivity contribution is -0.144. The lowest BCUT2D eigenvalue weighted by Gasteiger charge is -2.27. The second-order valence-electron chi connectivity index (χ2n) is 10.0. The second kappa shape index (κ2) is 14.4. The van der Waals surface area contributed by atoms with Gasteiger partial charge in [-0.05, 0) is 67.9 Å². The van der Waals surface area contributed by atoms with Crippen LogP contribution in [0.25, 0.3) is 0 Å². The number of hydrogen-bond donors (Lipinski definition) is 2. The van der Waals surface area contributed by atoms with Crippen molar-refractivity contribution in [1.82, 2.24) is 4.72 Å². The van der Waals surface area contributed by atoms with Gasteiger partial charge in [-0.15, -0.1) is 0 Å². The minimum atomic E-state index is -3.82. The van der Waals surface area contributed by atoms with Gasteiger partial charge in [-0.2, -0.15) is 0 Å². The second-order valence-corrected chi connectivity index (χ2v) is 15.7. The Morgan fingerprint density at radius 3 is 1.95 bits per heavy atom. The van der Waals surface area contributed by atoms with Crippen LogP contribution in [-0.4, -0.2) is 39.2 Å². The minimum Gasteiger partial charge on any atom is -1.00 e. The molecule has 0 spiro atoms. The fourth-order valence-electron chi connectivity index (χ4n) is 5.10. The first-order valence-corrected chi connectivity index (χ1v) is 17.5. The highest BCUT2D eigenvalue weighted by atomic mass is 35.5. The Morgan fingerprint density at radius 2 is 1.42 bits per heavy atom. The number of aliphatic imine (C=N–C) groups is 1. The van der Waals surface area contributed by atoms with Gasteiger partial charge < -0.3 is 22.5 Å². The summed E-state index contributed by atoms with van der Waals surface area (Å²) in [4.78, 5) is 17.3. The number of benzene rings is 4. The number of nitrogens with zero attached hydrogens (tertiary/aromatic N) is 1.